The van der Waals surface area contributed by atoms with Gasteiger partial charge in [0.1, 0.15) is 6.42 Å². The molecule has 0 aliphatic rings. The van der Waals surface area contributed by atoms with E-state index in [9.17, 15) is 9.59 Å². The summed E-state index contributed by atoms with van der Waals surface area (Å²) in [5.74, 6) is -0.528. The quantitative estimate of drug-likeness (QED) is 0.425. The maximum atomic E-state index is 11.2. The van der Waals surface area contributed by atoms with Crippen molar-refractivity contribution in [3.63, 3.8) is 0 Å². The van der Waals surface area contributed by atoms with Gasteiger partial charge in [-0.25, -0.2) is 0 Å². The van der Waals surface area contributed by atoms with E-state index < -0.39 is 0 Å². The Bertz CT molecular complexity index is 194. The van der Waals surface area contributed by atoms with Gasteiger partial charge >= 0.3 is 0 Å². The highest BCUT2D eigenvalue weighted by molar-refractivity contribution is 5.96. The van der Waals surface area contributed by atoms with Crippen molar-refractivity contribution in [3.05, 3.63) is 0 Å². The lowest BCUT2D eigenvalue weighted by molar-refractivity contribution is -0.129. The van der Waals surface area contributed by atoms with Gasteiger partial charge in [-0.2, -0.15) is 0 Å². The molecule has 2 N–H and O–H groups in total. The maximum Gasteiger partial charge on any atom is 0.230 e. The minimum atomic E-state index is -0.264. The zero-order valence-corrected chi connectivity index (χ0v) is 9.83. The van der Waals surface area contributed by atoms with Crippen LogP contribution < -0.4 is 10.6 Å². The van der Waals surface area contributed by atoms with E-state index in [1.54, 1.807) is 0 Å². The van der Waals surface area contributed by atoms with Gasteiger partial charge in [0.2, 0.25) is 11.8 Å². The van der Waals surface area contributed by atoms with Crippen LogP contribution in [0.15, 0.2) is 0 Å². The van der Waals surface area contributed by atoms with E-state index in [-0.39, 0.29) is 18.2 Å². The molecule has 0 aliphatic carbocycles. The first-order valence-corrected chi connectivity index (χ1v) is 4.74. The Morgan fingerprint density at radius 2 is 1.20 bits per heavy atom. The van der Waals surface area contributed by atoms with Gasteiger partial charge in [0.05, 0.1) is 13.3 Å². The number of rotatable bonds is 6. The first-order chi connectivity index (χ1) is 6.91. The van der Waals surface area contributed by atoms with E-state index in [1.807, 2.05) is 38.0 Å². The molecule has 0 aromatic heterocycles. The van der Waals surface area contributed by atoms with Crippen molar-refractivity contribution in [2.45, 2.75) is 6.42 Å². The fourth-order valence-electron chi connectivity index (χ4n) is 0.763. The van der Waals surface area contributed by atoms with Gasteiger partial charge < -0.3 is 10.6 Å². The molecule has 0 spiro atoms. The predicted molar refractivity (Wildman–Crippen MR) is 58.0 cm³/mol. The zero-order valence-electron chi connectivity index (χ0n) is 9.83. The predicted octanol–water partition coefficient (Wildman–Crippen LogP) is -1.35. The summed E-state index contributed by atoms with van der Waals surface area (Å²) < 4.78 is 0. The van der Waals surface area contributed by atoms with Gasteiger partial charge in [0.15, 0.2) is 0 Å². The summed E-state index contributed by atoms with van der Waals surface area (Å²) in [6.45, 7) is 0.888. The Morgan fingerprint density at radius 1 is 0.867 bits per heavy atom. The molecule has 0 saturated heterocycles. The molecule has 6 nitrogen and oxygen atoms in total. The van der Waals surface area contributed by atoms with E-state index in [1.165, 1.54) is 0 Å². The van der Waals surface area contributed by atoms with Crippen molar-refractivity contribution >= 4 is 11.8 Å². The van der Waals surface area contributed by atoms with Crippen LogP contribution in [0.5, 0.6) is 0 Å². The van der Waals surface area contributed by atoms with Gasteiger partial charge in [-0.3, -0.25) is 19.4 Å². The molecule has 0 unspecified atom stereocenters. The first kappa shape index (κ1) is 13.9. The molecular weight excluding hydrogens is 196 g/mol. The van der Waals surface area contributed by atoms with Gasteiger partial charge in [-0.05, 0) is 28.2 Å². The molecule has 0 rings (SSSR count). The average Bonchev–Trinajstić information content (AvgIpc) is 2.11. The molecule has 2 amide bonds. The van der Waals surface area contributed by atoms with Gasteiger partial charge in [-0.1, -0.05) is 0 Å². The van der Waals surface area contributed by atoms with E-state index in [0.717, 1.165) is 0 Å². The minimum absolute atomic E-state index is 0.123. The lowest BCUT2D eigenvalue weighted by Crippen LogP contribution is -2.38. The second kappa shape index (κ2) is 7.19. The summed E-state index contributed by atoms with van der Waals surface area (Å²) in [7, 11) is 7.36. The van der Waals surface area contributed by atoms with Crippen LogP contribution >= 0.6 is 0 Å². The molecule has 6 heteroatoms. The number of nitrogens with one attached hydrogen (secondary N) is 2. The van der Waals surface area contributed by atoms with Crippen molar-refractivity contribution < 1.29 is 9.59 Å². The topological polar surface area (TPSA) is 64.7 Å². The molecule has 0 saturated carbocycles. The summed E-state index contributed by atoms with van der Waals surface area (Å²) in [6.07, 6.45) is -0.123. The van der Waals surface area contributed by atoms with Crippen LogP contribution in [0.3, 0.4) is 0 Å². The van der Waals surface area contributed by atoms with Crippen molar-refractivity contribution in [3.8, 4) is 0 Å². The molecule has 15 heavy (non-hydrogen) atoms. The van der Waals surface area contributed by atoms with Crippen LogP contribution in [0.4, 0.5) is 0 Å². The van der Waals surface area contributed by atoms with Crippen LogP contribution in [0.25, 0.3) is 0 Å². The fraction of sp³-hybridized carbons (Fsp3) is 0.778. The van der Waals surface area contributed by atoms with Crippen LogP contribution in [0.2, 0.25) is 0 Å². The summed E-state index contributed by atoms with van der Waals surface area (Å²) in [5.41, 5.74) is 0. The highest BCUT2D eigenvalue weighted by atomic mass is 16.2. The Morgan fingerprint density at radius 3 is 1.47 bits per heavy atom. The Labute approximate surface area is 90.6 Å². The van der Waals surface area contributed by atoms with E-state index in [0.29, 0.717) is 13.3 Å². The van der Waals surface area contributed by atoms with Crippen molar-refractivity contribution in [1.29, 1.82) is 0 Å². The number of hydrogen-bond acceptors (Lipinski definition) is 4. The summed E-state index contributed by atoms with van der Waals surface area (Å²) in [4.78, 5) is 26.0. The number of carbonyl (C=O) groups excluding carboxylic acids is 2. The van der Waals surface area contributed by atoms with Crippen LogP contribution in [0, 0.1) is 0 Å². The summed E-state index contributed by atoms with van der Waals surface area (Å²) in [6, 6.07) is 0. The SMILES string of the molecule is CN(C)CNC(=O)CC(=O)NCN(C)C. The largest absolute Gasteiger partial charge is 0.343 e. The molecule has 0 aliphatic heterocycles. The molecule has 0 atom stereocenters. The first-order valence-electron chi connectivity index (χ1n) is 4.74. The van der Waals surface area contributed by atoms with E-state index >= 15 is 0 Å². The number of amides is 2. The molecule has 0 heterocycles. The van der Waals surface area contributed by atoms with Crippen LogP contribution in [0.1, 0.15) is 6.42 Å². The Balaban J connectivity index is 3.63. The van der Waals surface area contributed by atoms with Crippen molar-refractivity contribution in [1.82, 2.24) is 20.4 Å². The molecule has 0 fully saturated rings. The van der Waals surface area contributed by atoms with Crippen molar-refractivity contribution in [2.24, 2.45) is 0 Å². The number of carbonyl (C=O) groups is 2. The molecule has 0 radical (unpaired) electrons. The van der Waals surface area contributed by atoms with E-state index in [4.69, 9.17) is 0 Å². The monoisotopic (exact) mass is 216 g/mol. The standard InChI is InChI=1S/C9H20N4O2/c1-12(2)6-10-8(14)5-9(15)11-7-13(3)4/h5-7H2,1-4H3,(H,10,14)(H,11,15). The third kappa shape index (κ3) is 9.17. The van der Waals surface area contributed by atoms with Crippen LogP contribution in [-0.2, 0) is 9.59 Å². The lowest BCUT2D eigenvalue weighted by Gasteiger charge is -2.12. The zero-order chi connectivity index (χ0) is 11.8. The highest BCUT2D eigenvalue weighted by Crippen LogP contribution is 1.81. The fourth-order valence-corrected chi connectivity index (χ4v) is 0.763. The smallest absolute Gasteiger partial charge is 0.230 e. The normalized spacial score (nSPS) is 10.5. The lowest BCUT2D eigenvalue weighted by atomic mass is 10.4. The molecule has 0 bridgehead atoms. The van der Waals surface area contributed by atoms with Gasteiger partial charge in [0.25, 0.3) is 0 Å². The van der Waals surface area contributed by atoms with Crippen molar-refractivity contribution in [2.75, 3.05) is 41.5 Å². The molecule has 0 aromatic carbocycles. The number of hydrogen-bond donors (Lipinski definition) is 2. The van der Waals surface area contributed by atoms with Gasteiger partial charge in [0, 0.05) is 0 Å². The second-order valence-corrected chi connectivity index (χ2v) is 3.85. The Hall–Kier alpha value is -1.14. The highest BCUT2D eigenvalue weighted by Gasteiger charge is 2.08. The molecule has 0 aromatic rings. The van der Waals surface area contributed by atoms with Gasteiger partial charge in [-0.15, -0.1) is 0 Å². The second-order valence-electron chi connectivity index (χ2n) is 3.85. The summed E-state index contributed by atoms with van der Waals surface area (Å²) >= 11 is 0. The van der Waals surface area contributed by atoms with Crippen LogP contribution in [-0.4, -0.2) is 63.1 Å². The summed E-state index contributed by atoms with van der Waals surface area (Å²) in [5, 5.41) is 5.23. The molecular formula is C9H20N4O2. The third-order valence-electron chi connectivity index (χ3n) is 1.51. The molecule has 88 valence electrons. The Kier molecular flexibility index (Phi) is 6.64. The average molecular weight is 216 g/mol. The van der Waals surface area contributed by atoms with E-state index in [2.05, 4.69) is 10.6 Å². The maximum absolute atomic E-state index is 11.2. The number of nitrogens with zero attached hydrogens (tertiary/aromatic N) is 2. The minimum Gasteiger partial charge on any atom is -0.343 e. The third-order valence-corrected chi connectivity index (χ3v) is 1.51.